The van der Waals surface area contributed by atoms with E-state index in [0.717, 1.165) is 6.92 Å². The highest BCUT2D eigenvalue weighted by Gasteiger charge is 2.40. The lowest BCUT2D eigenvalue weighted by atomic mass is 10.1. The summed E-state index contributed by atoms with van der Waals surface area (Å²) in [5, 5.41) is 4.06. The van der Waals surface area contributed by atoms with Crippen LogP contribution in [0.1, 0.15) is 64.5 Å². The van der Waals surface area contributed by atoms with E-state index >= 15 is 0 Å². The predicted octanol–water partition coefficient (Wildman–Crippen LogP) is 3.83. The first-order valence-corrected chi connectivity index (χ1v) is 7.36. The minimum atomic E-state index is -3.03. The smallest absolute Gasteiger partial charge is 0.410 e. The molecule has 0 spiro atoms. The number of alkyl halides is 2. The Morgan fingerprint density at radius 1 is 1.23 bits per heavy atom. The Balaban J connectivity index is 2.32. The van der Waals surface area contributed by atoms with Crippen LogP contribution in [0.5, 0.6) is 0 Å². The van der Waals surface area contributed by atoms with Crippen molar-refractivity contribution in [3.05, 3.63) is 17.0 Å². The van der Waals surface area contributed by atoms with Gasteiger partial charge in [-0.1, -0.05) is 0 Å². The maximum atomic E-state index is 13.8. The van der Waals surface area contributed by atoms with Gasteiger partial charge in [0.25, 0.3) is 5.92 Å². The minimum Gasteiger partial charge on any atom is -0.444 e. The fourth-order valence-electron chi connectivity index (χ4n) is 2.50. The molecule has 7 heteroatoms. The van der Waals surface area contributed by atoms with Crippen molar-refractivity contribution in [1.82, 2.24) is 14.7 Å². The average molecular weight is 315 g/mol. The Bertz CT molecular complexity index is 583. The van der Waals surface area contributed by atoms with E-state index in [2.05, 4.69) is 5.10 Å². The summed E-state index contributed by atoms with van der Waals surface area (Å²) in [5.41, 5.74) is 0.236. The zero-order valence-corrected chi connectivity index (χ0v) is 13.9. The van der Waals surface area contributed by atoms with E-state index in [-0.39, 0.29) is 24.8 Å². The zero-order chi connectivity index (χ0) is 16.9. The predicted molar refractivity (Wildman–Crippen MR) is 77.7 cm³/mol. The summed E-state index contributed by atoms with van der Waals surface area (Å²) in [6.07, 6.45) is -0.496. The molecule has 0 radical (unpaired) electrons. The lowest BCUT2D eigenvalue weighted by molar-refractivity contribution is 0.00838. The Morgan fingerprint density at radius 2 is 1.82 bits per heavy atom. The number of carbonyl (C=O) groups excluding carboxylic acids is 1. The molecule has 0 fully saturated rings. The van der Waals surface area contributed by atoms with Crippen LogP contribution in [0.25, 0.3) is 0 Å². The highest BCUT2D eigenvalue weighted by Crippen LogP contribution is 2.36. The second-order valence-electron chi connectivity index (χ2n) is 7.04. The van der Waals surface area contributed by atoms with Crippen LogP contribution < -0.4 is 0 Å². The summed E-state index contributed by atoms with van der Waals surface area (Å²) in [6, 6.07) is -0.0524. The summed E-state index contributed by atoms with van der Waals surface area (Å²) in [4.78, 5) is 13.6. The minimum absolute atomic E-state index is 0.0524. The molecule has 0 aliphatic carbocycles. The Kier molecular flexibility index (Phi) is 3.96. The van der Waals surface area contributed by atoms with E-state index in [4.69, 9.17) is 4.74 Å². The molecule has 0 atom stereocenters. The van der Waals surface area contributed by atoms with Crippen molar-refractivity contribution in [2.75, 3.05) is 0 Å². The van der Waals surface area contributed by atoms with Gasteiger partial charge in [0.1, 0.15) is 11.3 Å². The van der Waals surface area contributed by atoms with E-state index in [1.54, 1.807) is 25.5 Å². The van der Waals surface area contributed by atoms with Gasteiger partial charge in [0, 0.05) is 18.5 Å². The topological polar surface area (TPSA) is 47.4 Å². The Hall–Kier alpha value is -1.66. The zero-order valence-electron chi connectivity index (χ0n) is 13.9. The van der Waals surface area contributed by atoms with Gasteiger partial charge in [0.15, 0.2) is 0 Å². The Labute approximate surface area is 129 Å². The van der Waals surface area contributed by atoms with Crippen molar-refractivity contribution in [2.45, 2.75) is 72.2 Å². The summed E-state index contributed by atoms with van der Waals surface area (Å²) < 4.78 is 34.4. The van der Waals surface area contributed by atoms with E-state index in [1.165, 1.54) is 4.90 Å². The summed E-state index contributed by atoms with van der Waals surface area (Å²) >= 11 is 0. The number of ether oxygens (including phenoxy) is 1. The number of hydrogen-bond acceptors (Lipinski definition) is 3. The van der Waals surface area contributed by atoms with Gasteiger partial charge < -0.3 is 4.74 Å². The quantitative estimate of drug-likeness (QED) is 0.833. The number of carbonyl (C=O) groups is 1. The number of amides is 1. The lowest BCUT2D eigenvalue weighted by Gasteiger charge is -2.24. The van der Waals surface area contributed by atoms with Crippen LogP contribution in [0.15, 0.2) is 0 Å². The van der Waals surface area contributed by atoms with Crippen molar-refractivity contribution in [3.8, 4) is 0 Å². The van der Waals surface area contributed by atoms with Gasteiger partial charge in [-0.25, -0.2) is 4.79 Å². The average Bonchev–Trinajstić information content (AvgIpc) is 2.81. The third kappa shape index (κ3) is 3.23. The van der Waals surface area contributed by atoms with Crippen molar-refractivity contribution in [2.24, 2.45) is 0 Å². The molecule has 0 N–H and O–H groups in total. The van der Waals surface area contributed by atoms with Gasteiger partial charge in [0.2, 0.25) is 0 Å². The van der Waals surface area contributed by atoms with Gasteiger partial charge in [-0.05, 0) is 34.6 Å². The number of nitrogens with zero attached hydrogens (tertiary/aromatic N) is 3. The van der Waals surface area contributed by atoms with Crippen molar-refractivity contribution < 1.29 is 18.3 Å². The second kappa shape index (κ2) is 5.21. The third-order valence-corrected chi connectivity index (χ3v) is 3.36. The molecule has 22 heavy (non-hydrogen) atoms. The van der Waals surface area contributed by atoms with Crippen molar-refractivity contribution >= 4 is 6.09 Å². The normalized spacial score (nSPS) is 15.4. The van der Waals surface area contributed by atoms with Crippen LogP contribution in [-0.4, -0.2) is 26.4 Å². The summed E-state index contributed by atoms with van der Waals surface area (Å²) in [7, 11) is 0. The molecule has 1 aromatic heterocycles. The lowest BCUT2D eigenvalue weighted by Crippen LogP contribution is -2.34. The number of rotatable bonds is 2. The molecule has 1 aliphatic rings. The first-order valence-electron chi connectivity index (χ1n) is 7.36. The third-order valence-electron chi connectivity index (χ3n) is 3.36. The maximum Gasteiger partial charge on any atom is 0.410 e. The maximum absolute atomic E-state index is 13.8. The molecule has 0 aromatic carbocycles. The van der Waals surface area contributed by atoms with Crippen molar-refractivity contribution in [1.29, 1.82) is 0 Å². The monoisotopic (exact) mass is 315 g/mol. The number of halogens is 2. The molecule has 5 nitrogen and oxygen atoms in total. The summed E-state index contributed by atoms with van der Waals surface area (Å²) in [5.74, 6) is -3.03. The number of aromatic nitrogens is 2. The molecule has 1 aliphatic heterocycles. The fraction of sp³-hybridized carbons (Fsp3) is 0.733. The van der Waals surface area contributed by atoms with E-state index in [1.807, 2.05) is 13.8 Å². The first kappa shape index (κ1) is 16.7. The van der Waals surface area contributed by atoms with E-state index < -0.39 is 17.6 Å². The molecular weight excluding hydrogens is 292 g/mol. The molecule has 2 heterocycles. The number of hydrogen-bond donors (Lipinski definition) is 0. The van der Waals surface area contributed by atoms with Crippen LogP contribution >= 0.6 is 0 Å². The number of fused-ring (bicyclic) bond motifs is 1. The van der Waals surface area contributed by atoms with Crippen LogP contribution in [0.4, 0.5) is 13.6 Å². The highest BCUT2D eigenvalue weighted by molar-refractivity contribution is 5.69. The van der Waals surface area contributed by atoms with Crippen LogP contribution in [0.3, 0.4) is 0 Å². The van der Waals surface area contributed by atoms with Crippen LogP contribution in [0.2, 0.25) is 0 Å². The van der Waals surface area contributed by atoms with Crippen LogP contribution in [-0.2, 0) is 23.7 Å². The van der Waals surface area contributed by atoms with Gasteiger partial charge in [-0.2, -0.15) is 13.9 Å². The molecule has 0 unspecified atom stereocenters. The van der Waals surface area contributed by atoms with Crippen LogP contribution in [0, 0.1) is 0 Å². The standard InChI is InChI=1S/C15H23F2N3O2/c1-9(2)20-11-8-19(13(21)22-14(3,4)5)7-10(11)12(18-20)15(6,16)17/h9H,7-8H2,1-6H3. The molecule has 124 valence electrons. The highest BCUT2D eigenvalue weighted by atomic mass is 19.3. The van der Waals surface area contributed by atoms with Gasteiger partial charge in [0.05, 0.1) is 18.8 Å². The molecule has 1 aromatic rings. The molecule has 1 amide bonds. The molecule has 0 bridgehead atoms. The Morgan fingerprint density at radius 3 is 2.27 bits per heavy atom. The largest absolute Gasteiger partial charge is 0.444 e. The molecule has 0 saturated heterocycles. The molecule has 0 saturated carbocycles. The second-order valence-corrected chi connectivity index (χ2v) is 7.04. The molecular formula is C15H23F2N3O2. The van der Waals surface area contributed by atoms with E-state index in [0.29, 0.717) is 11.3 Å². The fourth-order valence-corrected chi connectivity index (χ4v) is 2.50. The molecule has 2 rings (SSSR count). The first-order chi connectivity index (χ1) is 9.90. The van der Waals surface area contributed by atoms with E-state index in [9.17, 15) is 13.6 Å². The SMILES string of the molecule is CC(C)n1nc(C(C)(F)F)c2c1CN(C(=O)OC(C)(C)C)C2. The van der Waals surface area contributed by atoms with Gasteiger partial charge >= 0.3 is 6.09 Å². The van der Waals surface area contributed by atoms with Gasteiger partial charge in [-0.3, -0.25) is 9.58 Å². The summed E-state index contributed by atoms with van der Waals surface area (Å²) in [6.45, 7) is 10.3. The van der Waals surface area contributed by atoms with Crippen molar-refractivity contribution in [3.63, 3.8) is 0 Å². The van der Waals surface area contributed by atoms with Gasteiger partial charge in [-0.15, -0.1) is 0 Å².